The molecule has 0 atom stereocenters. The van der Waals surface area contributed by atoms with Crippen LogP contribution >= 0.6 is 0 Å². The van der Waals surface area contributed by atoms with Gasteiger partial charge >= 0.3 is 0 Å². The molecular weight excluding hydrogens is 386 g/mol. The number of carbonyl (C=O) groups excluding carboxylic acids is 2. The molecule has 0 unspecified atom stereocenters. The molecule has 0 spiro atoms. The van der Waals surface area contributed by atoms with Crippen LogP contribution in [-0.2, 0) is 14.8 Å². The summed E-state index contributed by atoms with van der Waals surface area (Å²) in [6, 6.07) is 11.0. The molecule has 1 aliphatic heterocycles. The third-order valence-corrected chi connectivity index (χ3v) is 5.40. The average Bonchev–Trinajstić information content (AvgIpc) is 3.14. The predicted octanol–water partition coefficient (Wildman–Crippen LogP) is 0.853. The zero-order valence-corrected chi connectivity index (χ0v) is 15.8. The Morgan fingerprint density at radius 2 is 1.71 bits per heavy atom. The molecule has 0 bridgehead atoms. The van der Waals surface area contributed by atoms with E-state index in [1.165, 1.54) is 24.3 Å². The highest BCUT2D eigenvalue weighted by Crippen LogP contribution is 2.32. The number of hydrogen-bond donors (Lipinski definition) is 3. The number of amides is 2. The highest BCUT2D eigenvalue weighted by molar-refractivity contribution is 7.89. The standard InChI is InChI=1S/C18H19N3O6S/c1-12-2-5-14(6-3-12)28(24,25)19-9-8-17(22)20-21-18(23)13-4-7-15-16(10-13)27-11-26-15/h2-7,10,19H,8-9,11H2,1H3,(H,20,22)(H,21,23). The summed E-state index contributed by atoms with van der Waals surface area (Å²) in [6.45, 7) is 1.84. The van der Waals surface area contributed by atoms with Crippen LogP contribution in [0.3, 0.4) is 0 Å². The molecule has 2 aromatic carbocycles. The Hall–Kier alpha value is -3.11. The summed E-state index contributed by atoms with van der Waals surface area (Å²) < 4.78 is 37.0. The molecule has 1 aliphatic rings. The highest BCUT2D eigenvalue weighted by atomic mass is 32.2. The number of ether oxygens (including phenoxy) is 2. The number of rotatable bonds is 6. The molecule has 0 saturated carbocycles. The van der Waals surface area contributed by atoms with Gasteiger partial charge in [-0.3, -0.25) is 20.4 Å². The number of hydrazine groups is 1. The lowest BCUT2D eigenvalue weighted by Gasteiger charge is -2.09. The molecule has 0 fully saturated rings. The van der Waals surface area contributed by atoms with Crippen molar-refractivity contribution < 1.29 is 27.5 Å². The van der Waals surface area contributed by atoms with Gasteiger partial charge in [0, 0.05) is 18.5 Å². The van der Waals surface area contributed by atoms with E-state index in [2.05, 4.69) is 15.6 Å². The van der Waals surface area contributed by atoms with Gasteiger partial charge in [0.2, 0.25) is 22.7 Å². The fourth-order valence-electron chi connectivity index (χ4n) is 2.40. The second kappa shape index (κ2) is 8.28. The first-order valence-corrected chi connectivity index (χ1v) is 9.89. The van der Waals surface area contributed by atoms with Gasteiger partial charge in [-0.25, -0.2) is 13.1 Å². The van der Waals surface area contributed by atoms with Gasteiger partial charge in [0.25, 0.3) is 5.91 Å². The zero-order chi connectivity index (χ0) is 20.1. The van der Waals surface area contributed by atoms with Gasteiger partial charge in [-0.05, 0) is 37.3 Å². The first-order chi connectivity index (χ1) is 13.3. The quantitative estimate of drug-likeness (QED) is 0.613. The molecule has 3 rings (SSSR count). The largest absolute Gasteiger partial charge is 0.454 e. The molecule has 0 saturated heterocycles. The number of benzene rings is 2. The van der Waals surface area contributed by atoms with Crippen molar-refractivity contribution in [2.75, 3.05) is 13.3 Å². The van der Waals surface area contributed by atoms with E-state index in [-0.39, 0.29) is 30.2 Å². The van der Waals surface area contributed by atoms with E-state index in [4.69, 9.17) is 9.47 Å². The molecule has 2 aromatic rings. The van der Waals surface area contributed by atoms with Crippen LogP contribution in [0.1, 0.15) is 22.3 Å². The Kier molecular flexibility index (Phi) is 5.81. The molecule has 148 valence electrons. The second-order valence-electron chi connectivity index (χ2n) is 6.03. The van der Waals surface area contributed by atoms with Gasteiger partial charge in [-0.2, -0.15) is 0 Å². The molecule has 0 aromatic heterocycles. The van der Waals surface area contributed by atoms with Gasteiger partial charge in [0.15, 0.2) is 11.5 Å². The van der Waals surface area contributed by atoms with Crippen LogP contribution in [-0.4, -0.2) is 33.6 Å². The van der Waals surface area contributed by atoms with E-state index in [0.29, 0.717) is 11.5 Å². The third-order valence-electron chi connectivity index (χ3n) is 3.93. The summed E-state index contributed by atoms with van der Waals surface area (Å²) in [5.74, 6) is -0.0847. The minimum absolute atomic E-state index is 0.0929. The Morgan fingerprint density at radius 1 is 1.00 bits per heavy atom. The lowest BCUT2D eigenvalue weighted by atomic mass is 10.2. The SMILES string of the molecule is Cc1ccc(S(=O)(=O)NCCC(=O)NNC(=O)c2ccc3c(c2)OCO3)cc1. The van der Waals surface area contributed by atoms with Gasteiger partial charge in [0.1, 0.15) is 0 Å². The molecule has 0 radical (unpaired) electrons. The maximum atomic E-state index is 12.1. The Morgan fingerprint density at radius 3 is 2.46 bits per heavy atom. The average molecular weight is 405 g/mol. The van der Waals surface area contributed by atoms with Gasteiger partial charge in [-0.15, -0.1) is 0 Å². The molecule has 2 amide bonds. The van der Waals surface area contributed by atoms with Crippen LogP contribution in [0.4, 0.5) is 0 Å². The van der Waals surface area contributed by atoms with E-state index in [9.17, 15) is 18.0 Å². The molecule has 28 heavy (non-hydrogen) atoms. The first kappa shape index (κ1) is 19.6. The van der Waals surface area contributed by atoms with Crippen molar-refractivity contribution in [3.05, 3.63) is 53.6 Å². The van der Waals surface area contributed by atoms with Crippen molar-refractivity contribution in [2.45, 2.75) is 18.2 Å². The monoisotopic (exact) mass is 405 g/mol. The number of fused-ring (bicyclic) bond motifs is 1. The smallest absolute Gasteiger partial charge is 0.269 e. The van der Waals surface area contributed by atoms with Crippen LogP contribution in [0.25, 0.3) is 0 Å². The van der Waals surface area contributed by atoms with Crippen molar-refractivity contribution in [1.82, 2.24) is 15.6 Å². The maximum absolute atomic E-state index is 12.1. The van der Waals surface area contributed by atoms with Crippen molar-refractivity contribution in [3.8, 4) is 11.5 Å². The Bertz CT molecular complexity index is 989. The predicted molar refractivity (Wildman–Crippen MR) is 99.2 cm³/mol. The molecule has 3 N–H and O–H groups in total. The lowest BCUT2D eigenvalue weighted by molar-refractivity contribution is -0.121. The molecule has 0 aliphatic carbocycles. The summed E-state index contributed by atoms with van der Waals surface area (Å²) in [6.07, 6.45) is -0.146. The normalized spacial score (nSPS) is 12.5. The van der Waals surface area contributed by atoms with E-state index >= 15 is 0 Å². The minimum atomic E-state index is -3.70. The molecule has 1 heterocycles. The van der Waals surface area contributed by atoms with Gasteiger partial charge in [-0.1, -0.05) is 17.7 Å². The van der Waals surface area contributed by atoms with E-state index in [1.807, 2.05) is 6.92 Å². The first-order valence-electron chi connectivity index (χ1n) is 8.40. The van der Waals surface area contributed by atoms with E-state index in [0.717, 1.165) is 5.56 Å². The third kappa shape index (κ3) is 4.78. The topological polar surface area (TPSA) is 123 Å². The van der Waals surface area contributed by atoms with Crippen molar-refractivity contribution >= 4 is 21.8 Å². The second-order valence-corrected chi connectivity index (χ2v) is 7.80. The number of carbonyl (C=O) groups is 2. The maximum Gasteiger partial charge on any atom is 0.269 e. The van der Waals surface area contributed by atoms with Crippen molar-refractivity contribution in [2.24, 2.45) is 0 Å². The van der Waals surface area contributed by atoms with Crippen LogP contribution < -0.4 is 25.0 Å². The van der Waals surface area contributed by atoms with Crippen molar-refractivity contribution in [3.63, 3.8) is 0 Å². The van der Waals surface area contributed by atoms with Crippen LogP contribution in [0.15, 0.2) is 47.4 Å². The summed E-state index contributed by atoms with van der Waals surface area (Å²) in [5.41, 5.74) is 5.72. The van der Waals surface area contributed by atoms with E-state index in [1.54, 1.807) is 18.2 Å². The van der Waals surface area contributed by atoms with Gasteiger partial charge in [0.05, 0.1) is 4.90 Å². The summed E-state index contributed by atoms with van der Waals surface area (Å²) >= 11 is 0. The molecular formula is C18H19N3O6S. The fraction of sp³-hybridized carbons (Fsp3) is 0.222. The Labute approximate surface area is 162 Å². The molecule has 9 nitrogen and oxygen atoms in total. The fourth-order valence-corrected chi connectivity index (χ4v) is 3.43. The minimum Gasteiger partial charge on any atom is -0.454 e. The summed E-state index contributed by atoms with van der Waals surface area (Å²) in [4.78, 5) is 24.0. The van der Waals surface area contributed by atoms with Crippen LogP contribution in [0.5, 0.6) is 11.5 Å². The summed E-state index contributed by atoms with van der Waals surface area (Å²) in [7, 11) is -3.70. The van der Waals surface area contributed by atoms with Crippen molar-refractivity contribution in [1.29, 1.82) is 0 Å². The number of hydrogen-bond acceptors (Lipinski definition) is 6. The van der Waals surface area contributed by atoms with Gasteiger partial charge < -0.3 is 9.47 Å². The zero-order valence-electron chi connectivity index (χ0n) is 15.0. The number of aryl methyl sites for hydroxylation is 1. The number of nitrogens with one attached hydrogen (secondary N) is 3. The van der Waals surface area contributed by atoms with Crippen LogP contribution in [0, 0.1) is 6.92 Å². The van der Waals surface area contributed by atoms with Crippen LogP contribution in [0.2, 0.25) is 0 Å². The lowest BCUT2D eigenvalue weighted by Crippen LogP contribution is -2.42. The highest BCUT2D eigenvalue weighted by Gasteiger charge is 2.17. The Balaban J connectivity index is 1.44. The number of sulfonamides is 1. The van der Waals surface area contributed by atoms with E-state index < -0.39 is 21.8 Å². The molecule has 10 heteroatoms. The summed E-state index contributed by atoms with van der Waals surface area (Å²) in [5, 5.41) is 0.